The molecule has 2 amide bonds. The van der Waals surface area contributed by atoms with Gasteiger partial charge in [0.15, 0.2) is 0 Å². The van der Waals surface area contributed by atoms with Crippen molar-refractivity contribution < 1.29 is 19.1 Å². The van der Waals surface area contributed by atoms with E-state index in [1.807, 2.05) is 44.2 Å². The van der Waals surface area contributed by atoms with E-state index in [0.29, 0.717) is 13.2 Å². The molecule has 2 N–H and O–H groups in total. The number of nitrogens with one attached hydrogen (secondary N) is 2. The zero-order chi connectivity index (χ0) is 18.5. The zero-order valence-electron chi connectivity index (χ0n) is 15.4. The molecule has 0 unspecified atom stereocenters. The number of unbranched alkanes of at least 4 members (excludes halogenated alkanes) is 1. The Bertz CT molecular complexity index is 507. The summed E-state index contributed by atoms with van der Waals surface area (Å²) in [5.74, 6) is -0.160. The molecule has 1 aromatic carbocycles. The van der Waals surface area contributed by atoms with E-state index in [9.17, 15) is 9.59 Å². The van der Waals surface area contributed by atoms with Crippen LogP contribution in [0.3, 0.4) is 0 Å². The predicted molar refractivity (Wildman–Crippen MR) is 97.1 cm³/mol. The highest BCUT2D eigenvalue weighted by Gasteiger charge is 2.26. The second-order valence-electron chi connectivity index (χ2n) is 6.06. The number of rotatable bonds is 11. The van der Waals surface area contributed by atoms with Crippen LogP contribution in [0.15, 0.2) is 30.3 Å². The van der Waals surface area contributed by atoms with Gasteiger partial charge in [-0.1, -0.05) is 50.6 Å². The lowest BCUT2D eigenvalue weighted by Gasteiger charge is -2.23. The molecule has 0 aliphatic heterocycles. The molecule has 0 spiro atoms. The van der Waals surface area contributed by atoms with E-state index in [2.05, 4.69) is 10.6 Å². The summed E-state index contributed by atoms with van der Waals surface area (Å²) >= 11 is 0. The molecule has 6 nitrogen and oxygen atoms in total. The number of carbonyl (C=O) groups excluding carboxylic acids is 2. The minimum absolute atomic E-state index is 0.0169. The van der Waals surface area contributed by atoms with Crippen LogP contribution in [-0.4, -0.2) is 38.3 Å². The van der Waals surface area contributed by atoms with Crippen LogP contribution >= 0.6 is 0 Å². The summed E-state index contributed by atoms with van der Waals surface area (Å²) in [6.07, 6.45) is 1.92. The third kappa shape index (κ3) is 8.54. The van der Waals surface area contributed by atoms with Gasteiger partial charge in [-0.3, -0.25) is 4.79 Å². The molecule has 0 bridgehead atoms. The van der Waals surface area contributed by atoms with E-state index >= 15 is 0 Å². The van der Waals surface area contributed by atoms with Crippen molar-refractivity contribution in [2.24, 2.45) is 5.92 Å². The number of ether oxygens (including phenoxy) is 2. The second kappa shape index (κ2) is 12.3. The summed E-state index contributed by atoms with van der Waals surface area (Å²) in [6.45, 7) is 5.34. The minimum Gasteiger partial charge on any atom is -0.445 e. The first-order valence-corrected chi connectivity index (χ1v) is 8.82. The first kappa shape index (κ1) is 21.0. The Morgan fingerprint density at radius 2 is 1.88 bits per heavy atom. The van der Waals surface area contributed by atoms with Gasteiger partial charge in [0.1, 0.15) is 12.6 Å². The zero-order valence-corrected chi connectivity index (χ0v) is 15.4. The Balaban J connectivity index is 2.45. The number of methoxy groups -OCH3 is 1. The van der Waals surface area contributed by atoms with Crippen LogP contribution < -0.4 is 10.6 Å². The third-order valence-electron chi connectivity index (χ3n) is 4.06. The van der Waals surface area contributed by atoms with Gasteiger partial charge in [-0.2, -0.15) is 0 Å². The Labute approximate surface area is 150 Å². The van der Waals surface area contributed by atoms with Crippen LogP contribution in [0.2, 0.25) is 0 Å². The van der Waals surface area contributed by atoms with Crippen LogP contribution in [0.5, 0.6) is 0 Å². The molecule has 140 valence electrons. The van der Waals surface area contributed by atoms with Crippen LogP contribution in [-0.2, 0) is 20.9 Å². The van der Waals surface area contributed by atoms with Crippen molar-refractivity contribution in [3.8, 4) is 0 Å². The van der Waals surface area contributed by atoms with Gasteiger partial charge in [0.2, 0.25) is 5.91 Å². The Kier molecular flexibility index (Phi) is 10.3. The van der Waals surface area contributed by atoms with Gasteiger partial charge in [0.05, 0.1) is 0 Å². The van der Waals surface area contributed by atoms with Crippen molar-refractivity contribution in [1.82, 2.24) is 10.6 Å². The first-order chi connectivity index (χ1) is 12.1. The number of hydrogen-bond donors (Lipinski definition) is 2. The van der Waals surface area contributed by atoms with Crippen LogP contribution in [0.4, 0.5) is 4.79 Å². The van der Waals surface area contributed by atoms with Gasteiger partial charge in [0, 0.05) is 20.3 Å². The van der Waals surface area contributed by atoms with Gasteiger partial charge in [-0.05, 0) is 24.3 Å². The fourth-order valence-corrected chi connectivity index (χ4v) is 2.29. The van der Waals surface area contributed by atoms with Crippen LogP contribution in [0.1, 0.15) is 38.7 Å². The highest BCUT2D eigenvalue weighted by molar-refractivity contribution is 5.85. The summed E-state index contributed by atoms with van der Waals surface area (Å²) in [6, 6.07) is 8.83. The molecule has 0 fully saturated rings. The minimum atomic E-state index is -0.601. The molecule has 0 radical (unpaired) electrons. The van der Waals surface area contributed by atoms with Crippen LogP contribution in [0, 0.1) is 5.92 Å². The van der Waals surface area contributed by atoms with Gasteiger partial charge >= 0.3 is 6.09 Å². The maximum Gasteiger partial charge on any atom is 0.408 e. The van der Waals surface area contributed by atoms with E-state index in [1.54, 1.807) is 7.11 Å². The van der Waals surface area contributed by atoms with Gasteiger partial charge in [0.25, 0.3) is 0 Å². The quantitative estimate of drug-likeness (QED) is 0.602. The summed E-state index contributed by atoms with van der Waals surface area (Å²) < 4.78 is 10.2. The van der Waals surface area contributed by atoms with E-state index in [-0.39, 0.29) is 18.4 Å². The molecule has 1 rings (SSSR count). The number of alkyl carbamates (subject to hydrolysis) is 1. The van der Waals surface area contributed by atoms with E-state index in [0.717, 1.165) is 24.8 Å². The summed E-state index contributed by atoms with van der Waals surface area (Å²) in [4.78, 5) is 24.4. The van der Waals surface area contributed by atoms with Crippen molar-refractivity contribution in [3.05, 3.63) is 35.9 Å². The van der Waals surface area contributed by atoms with Crippen molar-refractivity contribution in [3.63, 3.8) is 0 Å². The standard InChI is InChI=1S/C19H30N2O4/c1-4-15(2)17(18(22)20-12-8-9-13-24-3)21-19(23)25-14-16-10-6-5-7-11-16/h5-7,10-11,15,17H,4,8-9,12-14H2,1-3H3,(H,20,22)(H,21,23)/t15-,17-/m0/s1. The predicted octanol–water partition coefficient (Wildman–Crippen LogP) is 2.87. The maximum absolute atomic E-state index is 12.4. The highest BCUT2D eigenvalue weighted by atomic mass is 16.5. The molecule has 0 saturated heterocycles. The highest BCUT2D eigenvalue weighted by Crippen LogP contribution is 2.09. The molecular weight excluding hydrogens is 320 g/mol. The summed E-state index contributed by atoms with van der Waals surface area (Å²) in [5.41, 5.74) is 0.903. The molecular formula is C19H30N2O4. The maximum atomic E-state index is 12.4. The molecule has 6 heteroatoms. The van der Waals surface area contributed by atoms with E-state index in [4.69, 9.17) is 9.47 Å². The number of amides is 2. The van der Waals surface area contributed by atoms with Crippen LogP contribution in [0.25, 0.3) is 0 Å². The van der Waals surface area contributed by atoms with Gasteiger partial charge in [-0.25, -0.2) is 4.79 Å². The van der Waals surface area contributed by atoms with Gasteiger partial charge < -0.3 is 20.1 Å². The Morgan fingerprint density at radius 1 is 1.16 bits per heavy atom. The summed E-state index contributed by atoms with van der Waals surface area (Å²) in [5, 5.41) is 5.56. The molecule has 0 aliphatic carbocycles. The molecule has 1 aromatic rings. The van der Waals surface area contributed by atoms with Crippen molar-refractivity contribution in [2.45, 2.75) is 45.8 Å². The topological polar surface area (TPSA) is 76.7 Å². The molecule has 25 heavy (non-hydrogen) atoms. The smallest absolute Gasteiger partial charge is 0.408 e. The SMILES string of the molecule is CC[C@H](C)[C@H](NC(=O)OCc1ccccc1)C(=O)NCCCCOC. The van der Waals surface area contributed by atoms with E-state index in [1.165, 1.54) is 0 Å². The first-order valence-electron chi connectivity index (χ1n) is 8.82. The molecule has 0 heterocycles. The lowest BCUT2D eigenvalue weighted by atomic mass is 9.98. The largest absolute Gasteiger partial charge is 0.445 e. The number of benzene rings is 1. The average Bonchev–Trinajstić information content (AvgIpc) is 2.64. The Morgan fingerprint density at radius 3 is 2.52 bits per heavy atom. The monoisotopic (exact) mass is 350 g/mol. The van der Waals surface area contributed by atoms with E-state index < -0.39 is 12.1 Å². The molecule has 0 aliphatic rings. The second-order valence-corrected chi connectivity index (χ2v) is 6.06. The number of hydrogen-bond acceptors (Lipinski definition) is 4. The molecule has 2 atom stereocenters. The lowest BCUT2D eigenvalue weighted by molar-refractivity contribution is -0.124. The third-order valence-corrected chi connectivity index (χ3v) is 4.06. The van der Waals surface area contributed by atoms with Gasteiger partial charge in [-0.15, -0.1) is 0 Å². The van der Waals surface area contributed by atoms with Crippen molar-refractivity contribution in [2.75, 3.05) is 20.3 Å². The lowest BCUT2D eigenvalue weighted by Crippen LogP contribution is -2.50. The van der Waals surface area contributed by atoms with Crippen molar-refractivity contribution >= 4 is 12.0 Å². The fourth-order valence-electron chi connectivity index (χ4n) is 2.29. The normalized spacial score (nSPS) is 12.9. The summed E-state index contributed by atoms with van der Waals surface area (Å²) in [7, 11) is 1.66. The molecule has 0 aromatic heterocycles. The van der Waals surface area contributed by atoms with Crippen molar-refractivity contribution in [1.29, 1.82) is 0 Å². The average molecular weight is 350 g/mol. The Hall–Kier alpha value is -2.08. The fraction of sp³-hybridized carbons (Fsp3) is 0.579. The number of carbonyl (C=O) groups is 2. The molecule has 0 saturated carbocycles.